The van der Waals surface area contributed by atoms with Gasteiger partial charge in [-0.25, -0.2) is 14.8 Å². The predicted molar refractivity (Wildman–Crippen MR) is 140 cm³/mol. The average Bonchev–Trinajstić information content (AvgIpc) is 2.96. The van der Waals surface area contributed by atoms with E-state index in [0.717, 1.165) is 17.7 Å². The Hall–Kier alpha value is -4.22. The van der Waals surface area contributed by atoms with Crippen molar-refractivity contribution in [1.29, 1.82) is 0 Å². The molecule has 0 saturated carbocycles. The molecule has 3 heterocycles. The first-order valence-electron chi connectivity index (χ1n) is 12.3. The second kappa shape index (κ2) is 10.5. The lowest BCUT2D eigenvalue weighted by Crippen LogP contribution is -2.43. The van der Waals surface area contributed by atoms with Crippen molar-refractivity contribution in [3.63, 3.8) is 0 Å². The maximum atomic E-state index is 13.3. The molecule has 1 aromatic carbocycles. The zero-order valence-electron chi connectivity index (χ0n) is 21.9. The molecular formula is C27H29F3N6O3. The van der Waals surface area contributed by atoms with Crippen LogP contribution in [0, 0.1) is 12.3 Å². The molecule has 12 heteroatoms. The number of hydrogen-bond acceptors (Lipinski definition) is 6. The van der Waals surface area contributed by atoms with Crippen LogP contribution in [0.2, 0.25) is 0 Å². The van der Waals surface area contributed by atoms with E-state index < -0.39 is 23.7 Å². The first-order chi connectivity index (χ1) is 18.2. The van der Waals surface area contributed by atoms with E-state index in [1.807, 2.05) is 26.8 Å². The Kier molecular flexibility index (Phi) is 7.49. The molecule has 0 aliphatic carbocycles. The number of aromatic nitrogens is 3. The Labute approximate surface area is 223 Å². The summed E-state index contributed by atoms with van der Waals surface area (Å²) in [5.74, 6) is -0.270. The van der Waals surface area contributed by atoms with Crippen molar-refractivity contribution in [2.75, 3.05) is 10.6 Å². The minimum Gasteiger partial charge on any atom is -0.465 e. The van der Waals surface area contributed by atoms with Crippen molar-refractivity contribution in [2.45, 2.75) is 59.2 Å². The highest BCUT2D eigenvalue weighted by Crippen LogP contribution is 2.38. The zero-order valence-corrected chi connectivity index (χ0v) is 21.9. The number of benzene rings is 1. The van der Waals surface area contributed by atoms with E-state index in [4.69, 9.17) is 0 Å². The van der Waals surface area contributed by atoms with E-state index >= 15 is 0 Å². The summed E-state index contributed by atoms with van der Waals surface area (Å²) in [4.78, 5) is 36.9. The number of nitrogens with one attached hydrogen (secondary N) is 3. The third-order valence-corrected chi connectivity index (χ3v) is 6.55. The number of carbonyl (C=O) groups is 2. The maximum absolute atomic E-state index is 13.3. The van der Waals surface area contributed by atoms with E-state index in [2.05, 4.69) is 30.9 Å². The average molecular weight is 543 g/mol. The second-order valence-corrected chi connectivity index (χ2v) is 10.6. The second-order valence-electron chi connectivity index (χ2n) is 10.6. The highest BCUT2D eigenvalue weighted by Gasteiger charge is 2.32. The molecule has 3 aromatic rings. The van der Waals surface area contributed by atoms with Crippen molar-refractivity contribution in [1.82, 2.24) is 20.3 Å². The van der Waals surface area contributed by atoms with Gasteiger partial charge >= 0.3 is 12.3 Å². The molecule has 4 rings (SSSR count). The van der Waals surface area contributed by atoms with Gasteiger partial charge in [-0.1, -0.05) is 26.8 Å². The van der Waals surface area contributed by atoms with Gasteiger partial charge in [-0.05, 0) is 48.9 Å². The predicted octanol–water partition coefficient (Wildman–Crippen LogP) is 5.72. The number of anilines is 3. The van der Waals surface area contributed by atoms with Crippen LogP contribution in [0.5, 0.6) is 0 Å². The smallest absolute Gasteiger partial charge is 0.416 e. The van der Waals surface area contributed by atoms with Crippen molar-refractivity contribution in [3.8, 4) is 11.3 Å². The van der Waals surface area contributed by atoms with Crippen LogP contribution >= 0.6 is 0 Å². The quantitative estimate of drug-likeness (QED) is 0.314. The van der Waals surface area contributed by atoms with Crippen molar-refractivity contribution < 1.29 is 27.9 Å². The third-order valence-electron chi connectivity index (χ3n) is 6.55. The van der Waals surface area contributed by atoms with Gasteiger partial charge in [-0.2, -0.15) is 13.2 Å². The fraction of sp³-hybridized carbons (Fsp3) is 0.370. The topological polar surface area (TPSA) is 129 Å². The molecule has 1 atom stereocenters. The van der Waals surface area contributed by atoms with E-state index in [1.54, 1.807) is 13.1 Å². The van der Waals surface area contributed by atoms with Gasteiger partial charge in [0.25, 0.3) is 0 Å². The number of amides is 2. The molecule has 0 spiro atoms. The van der Waals surface area contributed by atoms with Crippen LogP contribution in [-0.4, -0.2) is 38.1 Å². The fourth-order valence-corrected chi connectivity index (χ4v) is 4.37. The number of halogens is 3. The number of hydrogen-bond donors (Lipinski definition) is 4. The van der Waals surface area contributed by atoms with Crippen LogP contribution in [-0.2, 0) is 23.8 Å². The standard InChI is InChI=1S/C27H29F3N6O3/c1-14-19(9-15(12-31-14)5-8-21(26(2,3)4)35-25(38)39)34-24-32-13-16-10-22(37)33-20-11-17(27(28,29)30)6-7-18(20)23(16)36-24/h6-7,9,11-13,21,35H,5,8,10H2,1-4H3,(H,33,37)(H,38,39)(H,32,34,36). The minimum absolute atomic E-state index is 0.0291. The number of alkyl halides is 3. The van der Waals surface area contributed by atoms with Gasteiger partial charge in [0.15, 0.2) is 0 Å². The fourth-order valence-electron chi connectivity index (χ4n) is 4.37. The lowest BCUT2D eigenvalue weighted by Gasteiger charge is -2.30. The molecule has 1 aliphatic rings. The van der Waals surface area contributed by atoms with Crippen LogP contribution in [0.15, 0.2) is 36.7 Å². The number of rotatable bonds is 6. The SMILES string of the molecule is Cc1ncc(CCC(NC(=O)O)C(C)(C)C)cc1Nc1ncc2c(n1)-c1ccc(C(F)(F)F)cc1NC(=O)C2. The molecule has 1 aliphatic heterocycles. The van der Waals surface area contributed by atoms with Crippen LogP contribution in [0.4, 0.5) is 35.3 Å². The van der Waals surface area contributed by atoms with Crippen LogP contribution in [0.3, 0.4) is 0 Å². The Bertz CT molecular complexity index is 1420. The minimum atomic E-state index is -4.56. The summed E-state index contributed by atoms with van der Waals surface area (Å²) in [7, 11) is 0. The zero-order chi connectivity index (χ0) is 28.5. The molecule has 0 saturated heterocycles. The molecule has 4 N–H and O–H groups in total. The molecule has 39 heavy (non-hydrogen) atoms. The summed E-state index contributed by atoms with van der Waals surface area (Å²) >= 11 is 0. The number of carbonyl (C=O) groups excluding carboxylic acids is 1. The van der Waals surface area contributed by atoms with Crippen LogP contribution in [0.1, 0.15) is 49.6 Å². The monoisotopic (exact) mass is 542 g/mol. The highest BCUT2D eigenvalue weighted by atomic mass is 19.4. The summed E-state index contributed by atoms with van der Waals surface area (Å²) in [6.45, 7) is 7.70. The molecular weight excluding hydrogens is 513 g/mol. The molecule has 0 radical (unpaired) electrons. The third kappa shape index (κ3) is 6.62. The molecule has 2 amide bonds. The van der Waals surface area contributed by atoms with E-state index in [1.165, 1.54) is 12.3 Å². The largest absolute Gasteiger partial charge is 0.465 e. The Morgan fingerprint density at radius 1 is 1.15 bits per heavy atom. The van der Waals surface area contributed by atoms with Crippen molar-refractivity contribution >= 4 is 29.3 Å². The van der Waals surface area contributed by atoms with Gasteiger partial charge in [0, 0.05) is 29.6 Å². The number of aryl methyl sites for hydroxylation is 2. The van der Waals surface area contributed by atoms with Crippen molar-refractivity contribution in [2.24, 2.45) is 5.41 Å². The Morgan fingerprint density at radius 3 is 2.56 bits per heavy atom. The lowest BCUT2D eigenvalue weighted by atomic mass is 9.83. The number of nitrogens with zero attached hydrogens (tertiary/aromatic N) is 3. The first-order valence-corrected chi connectivity index (χ1v) is 12.3. The summed E-state index contributed by atoms with van der Waals surface area (Å²) in [5.41, 5.74) is 2.24. The van der Waals surface area contributed by atoms with Crippen LogP contribution < -0.4 is 16.0 Å². The normalized spacial score (nSPS) is 14.0. The van der Waals surface area contributed by atoms with E-state index in [9.17, 15) is 27.9 Å². The molecule has 0 fully saturated rings. The molecule has 0 bridgehead atoms. The van der Waals surface area contributed by atoms with Gasteiger partial charge in [-0.3, -0.25) is 9.78 Å². The molecule has 1 unspecified atom stereocenters. The number of fused-ring (bicyclic) bond motifs is 3. The molecule has 2 aromatic heterocycles. The van der Waals surface area contributed by atoms with Gasteiger partial charge < -0.3 is 21.1 Å². The lowest BCUT2D eigenvalue weighted by molar-refractivity contribution is -0.137. The maximum Gasteiger partial charge on any atom is 0.416 e. The first kappa shape index (κ1) is 27.8. The van der Waals surface area contributed by atoms with Gasteiger partial charge in [-0.15, -0.1) is 0 Å². The van der Waals surface area contributed by atoms with E-state index in [-0.39, 0.29) is 29.5 Å². The van der Waals surface area contributed by atoms with Crippen molar-refractivity contribution in [3.05, 3.63) is 59.0 Å². The Balaban J connectivity index is 1.61. The number of pyridine rings is 1. The van der Waals surface area contributed by atoms with Gasteiger partial charge in [0.2, 0.25) is 11.9 Å². The van der Waals surface area contributed by atoms with Crippen LogP contribution in [0.25, 0.3) is 11.3 Å². The van der Waals surface area contributed by atoms with Gasteiger partial charge in [0.1, 0.15) is 0 Å². The summed E-state index contributed by atoms with van der Waals surface area (Å²) < 4.78 is 39.8. The molecule has 9 nitrogen and oxygen atoms in total. The summed E-state index contributed by atoms with van der Waals surface area (Å²) in [6.07, 6.45) is -1.38. The van der Waals surface area contributed by atoms with E-state index in [0.29, 0.717) is 41.0 Å². The summed E-state index contributed by atoms with van der Waals surface area (Å²) in [6, 6.07) is 4.77. The highest BCUT2D eigenvalue weighted by molar-refractivity contribution is 6.00. The Morgan fingerprint density at radius 2 is 1.90 bits per heavy atom. The number of carboxylic acid groups (broad SMARTS) is 1. The summed E-state index contributed by atoms with van der Waals surface area (Å²) in [5, 5.41) is 17.4. The molecule has 206 valence electrons. The van der Waals surface area contributed by atoms with Gasteiger partial charge in [0.05, 0.1) is 34.7 Å².